The average Bonchev–Trinajstić information content (AvgIpc) is 2.46. The third-order valence-electron chi connectivity index (χ3n) is 2.73. The van der Waals surface area contributed by atoms with Crippen LogP contribution in [0, 0.1) is 0 Å². The zero-order chi connectivity index (χ0) is 14.7. The van der Waals surface area contributed by atoms with E-state index >= 15 is 0 Å². The number of ketones is 2. The van der Waals surface area contributed by atoms with Crippen molar-refractivity contribution < 1.29 is 24.6 Å². The van der Waals surface area contributed by atoms with Gasteiger partial charge in [0.15, 0.2) is 0 Å². The normalized spacial score (nSPS) is 10.0. The number of carbonyl (C=O) groups excluding carboxylic acids is 2. The summed E-state index contributed by atoms with van der Waals surface area (Å²) in [6.07, 6.45) is 0. The zero-order valence-electron chi connectivity index (χ0n) is 10.2. The van der Waals surface area contributed by atoms with Gasteiger partial charge in [0.2, 0.25) is 11.6 Å². The first kappa shape index (κ1) is 13.5. The molecule has 2 aromatic rings. The Bertz CT molecular complexity index is 668. The monoisotopic (exact) mass is 270 g/mol. The van der Waals surface area contributed by atoms with E-state index in [0.29, 0.717) is 0 Å². The van der Waals surface area contributed by atoms with Gasteiger partial charge in [-0.05, 0) is 36.4 Å². The van der Waals surface area contributed by atoms with Gasteiger partial charge in [0.1, 0.15) is 5.75 Å². The molecule has 0 unspecified atom stereocenters. The molecular formula is C15H10O5. The van der Waals surface area contributed by atoms with E-state index in [2.05, 4.69) is 0 Å². The molecule has 5 nitrogen and oxygen atoms in total. The number of aromatic hydroxyl groups is 1. The molecule has 0 aliphatic heterocycles. The topological polar surface area (TPSA) is 91.7 Å². The summed E-state index contributed by atoms with van der Waals surface area (Å²) in [7, 11) is 0. The molecule has 0 saturated heterocycles. The van der Waals surface area contributed by atoms with Gasteiger partial charge in [-0.25, -0.2) is 4.79 Å². The molecule has 100 valence electrons. The summed E-state index contributed by atoms with van der Waals surface area (Å²) in [6.45, 7) is 0. The first-order valence-corrected chi connectivity index (χ1v) is 5.70. The number of carboxylic acids is 1. The van der Waals surface area contributed by atoms with Gasteiger partial charge in [0.05, 0.1) is 5.56 Å². The Morgan fingerprint density at radius 3 is 1.40 bits per heavy atom. The van der Waals surface area contributed by atoms with E-state index in [1.165, 1.54) is 48.5 Å². The van der Waals surface area contributed by atoms with Gasteiger partial charge in [0, 0.05) is 11.1 Å². The van der Waals surface area contributed by atoms with Crippen LogP contribution in [-0.2, 0) is 0 Å². The van der Waals surface area contributed by atoms with Crippen molar-refractivity contribution in [1.29, 1.82) is 0 Å². The number of Topliss-reactive ketones (excluding diaryl/α,β-unsaturated/α-hetero) is 2. The molecule has 20 heavy (non-hydrogen) atoms. The predicted octanol–water partition coefficient (Wildman–Crippen LogP) is 2.16. The summed E-state index contributed by atoms with van der Waals surface area (Å²) in [6, 6.07) is 10.4. The van der Waals surface area contributed by atoms with Crippen LogP contribution in [-0.4, -0.2) is 27.7 Å². The third-order valence-corrected chi connectivity index (χ3v) is 2.73. The lowest BCUT2D eigenvalue weighted by Gasteiger charge is -2.02. The highest BCUT2D eigenvalue weighted by Crippen LogP contribution is 2.13. The SMILES string of the molecule is O=C(O)c1ccc(C(=O)C(=O)c2ccc(O)cc2)cc1. The molecule has 0 aromatic heterocycles. The van der Waals surface area contributed by atoms with Crippen LogP contribution in [0.15, 0.2) is 48.5 Å². The molecule has 0 atom stereocenters. The minimum Gasteiger partial charge on any atom is -0.508 e. The highest BCUT2D eigenvalue weighted by Gasteiger charge is 2.18. The van der Waals surface area contributed by atoms with Crippen LogP contribution >= 0.6 is 0 Å². The third kappa shape index (κ3) is 2.72. The lowest BCUT2D eigenvalue weighted by atomic mass is 10.0. The van der Waals surface area contributed by atoms with Crippen molar-refractivity contribution in [3.63, 3.8) is 0 Å². The molecule has 5 heteroatoms. The van der Waals surface area contributed by atoms with Crippen molar-refractivity contribution in [3.05, 3.63) is 65.2 Å². The highest BCUT2D eigenvalue weighted by atomic mass is 16.4. The van der Waals surface area contributed by atoms with Crippen LogP contribution in [0.25, 0.3) is 0 Å². The number of benzene rings is 2. The van der Waals surface area contributed by atoms with E-state index in [1.54, 1.807) is 0 Å². The molecule has 2 aromatic carbocycles. The Labute approximate surface area is 114 Å². The fourth-order valence-corrected chi connectivity index (χ4v) is 1.64. The van der Waals surface area contributed by atoms with Crippen LogP contribution in [0.3, 0.4) is 0 Å². The van der Waals surface area contributed by atoms with Gasteiger partial charge < -0.3 is 10.2 Å². The summed E-state index contributed by atoms with van der Waals surface area (Å²) in [5, 5.41) is 17.9. The standard InChI is InChI=1S/C15H10O5/c16-12-7-5-10(6-8-12)14(18)13(17)9-1-3-11(4-2-9)15(19)20/h1-8,16H,(H,19,20). The lowest BCUT2D eigenvalue weighted by molar-refractivity contribution is 0.0696. The maximum atomic E-state index is 12.0. The van der Waals surface area contributed by atoms with Crippen LogP contribution < -0.4 is 0 Å². The van der Waals surface area contributed by atoms with E-state index in [9.17, 15) is 14.4 Å². The molecular weight excluding hydrogens is 260 g/mol. The quantitative estimate of drug-likeness (QED) is 0.656. The number of hydrogen-bond acceptors (Lipinski definition) is 4. The predicted molar refractivity (Wildman–Crippen MR) is 70.2 cm³/mol. The molecule has 0 saturated carbocycles. The van der Waals surface area contributed by atoms with E-state index in [0.717, 1.165) is 0 Å². The molecule has 0 amide bonds. The maximum absolute atomic E-state index is 12.0. The van der Waals surface area contributed by atoms with Crippen molar-refractivity contribution in [3.8, 4) is 5.75 Å². The minimum absolute atomic E-state index is 0.000176. The van der Waals surface area contributed by atoms with Crippen LogP contribution in [0.1, 0.15) is 31.1 Å². The first-order chi connectivity index (χ1) is 9.49. The van der Waals surface area contributed by atoms with Crippen LogP contribution in [0.4, 0.5) is 0 Å². The van der Waals surface area contributed by atoms with E-state index < -0.39 is 17.5 Å². The molecule has 0 fully saturated rings. The molecule has 0 radical (unpaired) electrons. The molecule has 0 bridgehead atoms. The fraction of sp³-hybridized carbons (Fsp3) is 0. The van der Waals surface area contributed by atoms with Gasteiger partial charge in [-0.2, -0.15) is 0 Å². The molecule has 0 aliphatic rings. The van der Waals surface area contributed by atoms with E-state index in [1.807, 2.05) is 0 Å². The Morgan fingerprint density at radius 1 is 0.650 bits per heavy atom. The smallest absolute Gasteiger partial charge is 0.335 e. The first-order valence-electron chi connectivity index (χ1n) is 5.70. The summed E-state index contributed by atoms with van der Waals surface area (Å²) < 4.78 is 0. The number of carboxylic acid groups (broad SMARTS) is 1. The lowest BCUT2D eigenvalue weighted by Crippen LogP contribution is -2.14. The number of phenols is 1. The van der Waals surface area contributed by atoms with Gasteiger partial charge >= 0.3 is 5.97 Å². The number of aromatic carboxylic acids is 1. The maximum Gasteiger partial charge on any atom is 0.335 e. The largest absolute Gasteiger partial charge is 0.508 e. The fourth-order valence-electron chi connectivity index (χ4n) is 1.64. The molecule has 2 N–H and O–H groups in total. The van der Waals surface area contributed by atoms with Crippen LogP contribution in [0.5, 0.6) is 5.75 Å². The van der Waals surface area contributed by atoms with Crippen molar-refractivity contribution >= 4 is 17.5 Å². The molecule has 0 spiro atoms. The second kappa shape index (κ2) is 5.36. The van der Waals surface area contributed by atoms with Gasteiger partial charge in [-0.1, -0.05) is 12.1 Å². The van der Waals surface area contributed by atoms with E-state index in [-0.39, 0.29) is 22.4 Å². The number of hydrogen-bond donors (Lipinski definition) is 2. The summed E-state index contributed by atoms with van der Waals surface area (Å²) in [4.78, 5) is 34.6. The Morgan fingerprint density at radius 2 is 1.00 bits per heavy atom. The Hall–Kier alpha value is -2.95. The second-order valence-corrected chi connectivity index (χ2v) is 4.09. The Balaban J connectivity index is 2.24. The molecule has 2 rings (SSSR count). The summed E-state index contributed by atoms with van der Waals surface area (Å²) >= 11 is 0. The van der Waals surface area contributed by atoms with E-state index in [4.69, 9.17) is 10.2 Å². The van der Waals surface area contributed by atoms with Crippen LogP contribution in [0.2, 0.25) is 0 Å². The minimum atomic E-state index is -1.10. The van der Waals surface area contributed by atoms with Gasteiger partial charge in [0.25, 0.3) is 0 Å². The van der Waals surface area contributed by atoms with Gasteiger partial charge in [-0.15, -0.1) is 0 Å². The highest BCUT2D eigenvalue weighted by molar-refractivity contribution is 6.49. The number of phenolic OH excluding ortho intramolecular Hbond substituents is 1. The Kier molecular flexibility index (Phi) is 3.61. The average molecular weight is 270 g/mol. The van der Waals surface area contributed by atoms with Crippen molar-refractivity contribution in [1.82, 2.24) is 0 Å². The number of carbonyl (C=O) groups is 3. The second-order valence-electron chi connectivity index (χ2n) is 4.09. The zero-order valence-corrected chi connectivity index (χ0v) is 10.2. The summed E-state index contributed by atoms with van der Waals surface area (Å²) in [5.41, 5.74) is 0.321. The van der Waals surface area contributed by atoms with Crippen molar-refractivity contribution in [2.24, 2.45) is 0 Å². The molecule has 0 aliphatic carbocycles. The summed E-state index contributed by atoms with van der Waals surface area (Å²) in [5.74, 6) is -2.55. The van der Waals surface area contributed by atoms with Crippen molar-refractivity contribution in [2.75, 3.05) is 0 Å². The van der Waals surface area contributed by atoms with Crippen molar-refractivity contribution in [2.45, 2.75) is 0 Å². The molecule has 0 heterocycles. The number of rotatable bonds is 4. The van der Waals surface area contributed by atoms with Gasteiger partial charge in [-0.3, -0.25) is 9.59 Å².